The molecule has 24 heavy (non-hydrogen) atoms. The highest BCUT2D eigenvalue weighted by Gasteiger charge is 2.53. The number of carbonyl (C=O) groups is 1. The zero-order valence-corrected chi connectivity index (χ0v) is 14.8. The maximum Gasteiger partial charge on any atom is 0.334 e. The number of nitriles is 2. The van der Waals surface area contributed by atoms with Gasteiger partial charge in [-0.2, -0.15) is 10.5 Å². The molecule has 1 N–H and O–H groups in total. The van der Waals surface area contributed by atoms with E-state index in [1.807, 2.05) is 31.4 Å². The standard InChI is InChI=1S/C18H20N2O3S/c1-4-23-17(22)13-8-12(11(2)3)16(21)18(9-19,10-20)15(13)14-6-5-7-24-14/h5-7,11-12,16,21H,4,8H2,1-3H3/t12-,16-/m0/s1. The van der Waals surface area contributed by atoms with Crippen molar-refractivity contribution in [2.24, 2.45) is 17.3 Å². The Balaban J connectivity index is 2.78. The van der Waals surface area contributed by atoms with Crippen molar-refractivity contribution >= 4 is 22.9 Å². The van der Waals surface area contributed by atoms with E-state index in [4.69, 9.17) is 4.74 Å². The molecule has 6 heteroatoms. The van der Waals surface area contributed by atoms with E-state index in [1.165, 1.54) is 11.3 Å². The maximum atomic E-state index is 12.5. The van der Waals surface area contributed by atoms with Crippen LogP contribution in [0.2, 0.25) is 0 Å². The van der Waals surface area contributed by atoms with E-state index >= 15 is 0 Å². The average molecular weight is 344 g/mol. The third-order valence-corrected chi connectivity index (χ3v) is 5.37. The summed E-state index contributed by atoms with van der Waals surface area (Å²) in [5, 5.41) is 32.2. The number of rotatable bonds is 4. The van der Waals surface area contributed by atoms with Crippen LogP contribution in [0.3, 0.4) is 0 Å². The molecule has 0 radical (unpaired) electrons. The summed E-state index contributed by atoms with van der Waals surface area (Å²) in [4.78, 5) is 13.2. The number of nitrogens with zero attached hydrogens (tertiary/aromatic N) is 2. The molecule has 2 rings (SSSR count). The van der Waals surface area contributed by atoms with Crippen molar-refractivity contribution in [2.45, 2.75) is 33.3 Å². The summed E-state index contributed by atoms with van der Waals surface area (Å²) in [5.41, 5.74) is -1.16. The molecule has 0 spiro atoms. The Bertz CT molecular complexity index is 708. The third-order valence-electron chi connectivity index (χ3n) is 4.48. The number of hydrogen-bond donors (Lipinski definition) is 1. The second kappa shape index (κ2) is 7.17. The molecule has 1 aliphatic rings. The van der Waals surface area contributed by atoms with Crippen molar-refractivity contribution in [2.75, 3.05) is 6.61 Å². The van der Waals surface area contributed by atoms with Gasteiger partial charge in [0.2, 0.25) is 0 Å². The van der Waals surface area contributed by atoms with E-state index in [9.17, 15) is 20.4 Å². The Morgan fingerprint density at radius 2 is 2.17 bits per heavy atom. The minimum absolute atomic E-state index is 0.00962. The minimum atomic E-state index is -1.78. The molecule has 0 bridgehead atoms. The quantitative estimate of drug-likeness (QED) is 0.847. The second-order valence-electron chi connectivity index (χ2n) is 6.14. The summed E-state index contributed by atoms with van der Waals surface area (Å²) >= 11 is 1.33. The van der Waals surface area contributed by atoms with Crippen LogP contribution in [0.15, 0.2) is 23.1 Å². The lowest BCUT2D eigenvalue weighted by atomic mass is 9.62. The first kappa shape index (κ1) is 18.2. The molecule has 1 aromatic rings. The van der Waals surface area contributed by atoms with Gasteiger partial charge in [0.25, 0.3) is 0 Å². The van der Waals surface area contributed by atoms with Gasteiger partial charge in [0, 0.05) is 16.0 Å². The fourth-order valence-corrected chi connectivity index (χ4v) is 4.06. The smallest absolute Gasteiger partial charge is 0.334 e. The maximum absolute atomic E-state index is 12.5. The Labute approximate surface area is 145 Å². The van der Waals surface area contributed by atoms with E-state index < -0.39 is 17.5 Å². The molecule has 1 aromatic heterocycles. The predicted octanol–water partition coefficient (Wildman–Crippen LogP) is 3.14. The van der Waals surface area contributed by atoms with Crippen molar-refractivity contribution in [3.8, 4) is 12.1 Å². The van der Waals surface area contributed by atoms with E-state index in [0.717, 1.165) is 0 Å². The van der Waals surface area contributed by atoms with Crippen LogP contribution in [0.5, 0.6) is 0 Å². The monoisotopic (exact) mass is 344 g/mol. The second-order valence-corrected chi connectivity index (χ2v) is 7.09. The van der Waals surface area contributed by atoms with Crippen LogP contribution in [0.1, 0.15) is 32.1 Å². The average Bonchev–Trinajstić information content (AvgIpc) is 3.08. The zero-order valence-electron chi connectivity index (χ0n) is 13.9. The van der Waals surface area contributed by atoms with Gasteiger partial charge in [-0.3, -0.25) is 0 Å². The van der Waals surface area contributed by atoms with E-state index in [2.05, 4.69) is 0 Å². The third kappa shape index (κ3) is 2.84. The first-order chi connectivity index (χ1) is 11.4. The summed E-state index contributed by atoms with van der Waals surface area (Å²) < 4.78 is 5.16. The molecular formula is C18H20N2O3S. The number of hydrogen-bond acceptors (Lipinski definition) is 6. The van der Waals surface area contributed by atoms with Crippen LogP contribution in [-0.4, -0.2) is 23.8 Å². The molecule has 0 aromatic carbocycles. The molecule has 0 fully saturated rings. The van der Waals surface area contributed by atoms with Crippen molar-refractivity contribution in [3.63, 3.8) is 0 Å². The van der Waals surface area contributed by atoms with E-state index in [1.54, 1.807) is 19.1 Å². The highest BCUT2D eigenvalue weighted by atomic mass is 32.1. The minimum Gasteiger partial charge on any atom is -0.463 e. The highest BCUT2D eigenvalue weighted by molar-refractivity contribution is 7.11. The van der Waals surface area contributed by atoms with Gasteiger partial charge in [0.05, 0.1) is 24.8 Å². The predicted molar refractivity (Wildman–Crippen MR) is 90.5 cm³/mol. The Kier molecular flexibility index (Phi) is 5.43. The molecule has 1 aliphatic carbocycles. The van der Waals surface area contributed by atoms with Crippen molar-refractivity contribution < 1.29 is 14.6 Å². The molecule has 5 nitrogen and oxygen atoms in total. The lowest BCUT2D eigenvalue weighted by molar-refractivity contribution is -0.139. The van der Waals surface area contributed by atoms with Crippen molar-refractivity contribution in [1.82, 2.24) is 0 Å². The van der Waals surface area contributed by atoms with Crippen molar-refractivity contribution in [3.05, 3.63) is 28.0 Å². The molecule has 2 atom stereocenters. The Morgan fingerprint density at radius 1 is 1.50 bits per heavy atom. The lowest BCUT2D eigenvalue weighted by Gasteiger charge is -2.40. The molecule has 0 unspecified atom stereocenters. The number of aliphatic hydroxyl groups is 1. The van der Waals surface area contributed by atoms with Gasteiger partial charge in [-0.15, -0.1) is 11.3 Å². The Hall–Kier alpha value is -2.15. The first-order valence-electron chi connectivity index (χ1n) is 7.88. The number of ether oxygens (including phenoxy) is 1. The lowest BCUT2D eigenvalue weighted by Crippen LogP contribution is -2.46. The van der Waals surface area contributed by atoms with Gasteiger partial charge in [-0.25, -0.2) is 4.79 Å². The highest BCUT2D eigenvalue weighted by Crippen LogP contribution is 2.51. The largest absolute Gasteiger partial charge is 0.463 e. The van der Waals surface area contributed by atoms with Crippen LogP contribution in [0, 0.1) is 39.9 Å². The summed E-state index contributed by atoms with van der Waals surface area (Å²) in [6, 6.07) is 7.54. The van der Waals surface area contributed by atoms with Gasteiger partial charge in [0.15, 0.2) is 5.41 Å². The number of esters is 1. The molecular weight excluding hydrogens is 324 g/mol. The molecule has 0 aliphatic heterocycles. The number of carbonyl (C=O) groups excluding carboxylic acids is 1. The van der Waals surface area contributed by atoms with Gasteiger partial charge in [-0.1, -0.05) is 19.9 Å². The van der Waals surface area contributed by atoms with Crippen LogP contribution < -0.4 is 0 Å². The fraction of sp³-hybridized carbons (Fsp3) is 0.500. The molecule has 126 valence electrons. The van der Waals surface area contributed by atoms with E-state index in [-0.39, 0.29) is 24.9 Å². The van der Waals surface area contributed by atoms with Crippen LogP contribution in [0.4, 0.5) is 0 Å². The fourth-order valence-electron chi connectivity index (χ4n) is 3.19. The summed E-state index contributed by atoms with van der Waals surface area (Å²) in [5.74, 6) is -0.879. The van der Waals surface area contributed by atoms with Gasteiger partial charge >= 0.3 is 5.97 Å². The summed E-state index contributed by atoms with van der Waals surface area (Å²) in [6.07, 6.45) is -0.876. The van der Waals surface area contributed by atoms with Gasteiger partial charge in [-0.05, 0) is 36.6 Å². The van der Waals surface area contributed by atoms with Gasteiger partial charge < -0.3 is 9.84 Å². The van der Waals surface area contributed by atoms with Crippen LogP contribution >= 0.6 is 11.3 Å². The molecule has 0 saturated carbocycles. The van der Waals surface area contributed by atoms with Crippen LogP contribution in [-0.2, 0) is 9.53 Å². The topological polar surface area (TPSA) is 94.1 Å². The molecule has 0 saturated heterocycles. The molecule has 1 heterocycles. The van der Waals surface area contributed by atoms with Crippen LogP contribution in [0.25, 0.3) is 5.57 Å². The first-order valence-corrected chi connectivity index (χ1v) is 8.76. The zero-order chi connectivity index (χ0) is 17.9. The Morgan fingerprint density at radius 3 is 2.62 bits per heavy atom. The summed E-state index contributed by atoms with van der Waals surface area (Å²) in [7, 11) is 0. The van der Waals surface area contributed by atoms with E-state index in [0.29, 0.717) is 16.0 Å². The molecule has 0 amide bonds. The SMILES string of the molecule is CCOC(=O)C1=C(c2cccs2)C(C#N)(C#N)[C@@H](O)[C@H](C(C)C)C1. The number of thiophene rings is 1. The summed E-state index contributed by atoms with van der Waals surface area (Å²) in [6.45, 7) is 5.74. The normalized spacial score (nSPS) is 22.8. The number of aliphatic hydroxyl groups excluding tert-OH is 1. The van der Waals surface area contributed by atoms with Gasteiger partial charge in [0.1, 0.15) is 0 Å². The van der Waals surface area contributed by atoms with Crippen molar-refractivity contribution in [1.29, 1.82) is 10.5 Å².